The lowest BCUT2D eigenvalue weighted by Gasteiger charge is -2.39. The van der Waals surface area contributed by atoms with Crippen LogP contribution in [0, 0.1) is 17.1 Å². The number of rotatable bonds is 7. The third-order valence-corrected chi connectivity index (χ3v) is 7.10. The number of morpholine rings is 1. The SMILES string of the molecule is CN1CCN(c2nc(OCCCN3C[C@@H]4C[C@H]3CO4)nc3c(F)c(Cl)ncc23)C[C@@H]1CC#N. The maximum Gasteiger partial charge on any atom is 0.319 e. The zero-order valence-corrected chi connectivity index (χ0v) is 19.3. The van der Waals surface area contributed by atoms with Crippen LogP contribution in [-0.4, -0.2) is 95.9 Å². The molecular formula is C22H27ClFN7O2. The first kappa shape index (κ1) is 22.5. The molecule has 33 heavy (non-hydrogen) atoms. The fourth-order valence-electron chi connectivity index (χ4n) is 4.95. The van der Waals surface area contributed by atoms with Gasteiger partial charge in [-0.2, -0.15) is 15.2 Å². The summed E-state index contributed by atoms with van der Waals surface area (Å²) in [6.45, 7) is 5.19. The van der Waals surface area contributed by atoms with E-state index >= 15 is 0 Å². The van der Waals surface area contributed by atoms with Crippen molar-refractivity contribution in [2.75, 3.05) is 57.9 Å². The maximum atomic E-state index is 14.8. The number of likely N-dealkylation sites (N-methyl/N-ethyl adjacent to an activating group) is 1. The standard InChI is InChI=1S/C22H27ClFN7O2/c1-29-6-7-31(11-14(29)3-4-25)21-17-10-26-20(23)18(24)19(17)27-22(28-21)32-8-2-5-30-12-16-9-15(30)13-33-16/h10,14-16H,2-3,5-9,11-13H2,1H3/t14-,15-,16-/m0/s1. The van der Waals surface area contributed by atoms with Crippen molar-refractivity contribution < 1.29 is 13.9 Å². The van der Waals surface area contributed by atoms with Gasteiger partial charge in [0.2, 0.25) is 0 Å². The molecule has 11 heteroatoms. The Hall–Kier alpha value is -2.32. The molecule has 5 rings (SSSR count). The number of hydrogen-bond acceptors (Lipinski definition) is 9. The van der Waals surface area contributed by atoms with Gasteiger partial charge in [0, 0.05) is 51.0 Å². The van der Waals surface area contributed by atoms with E-state index in [-0.39, 0.29) is 22.7 Å². The average Bonchev–Trinajstić information content (AvgIpc) is 3.44. The summed E-state index contributed by atoms with van der Waals surface area (Å²) in [7, 11) is 2.01. The highest BCUT2D eigenvalue weighted by atomic mass is 35.5. The van der Waals surface area contributed by atoms with Crippen LogP contribution in [0.15, 0.2) is 6.20 Å². The van der Waals surface area contributed by atoms with E-state index in [9.17, 15) is 9.65 Å². The Labute approximate surface area is 197 Å². The predicted molar refractivity (Wildman–Crippen MR) is 121 cm³/mol. The summed E-state index contributed by atoms with van der Waals surface area (Å²) in [5.74, 6) is -0.124. The minimum atomic E-state index is -0.682. The van der Waals surface area contributed by atoms with Crippen LogP contribution in [0.5, 0.6) is 6.01 Å². The number of piperazine rings is 1. The number of ether oxygens (including phenoxy) is 2. The zero-order valence-electron chi connectivity index (χ0n) is 18.6. The van der Waals surface area contributed by atoms with Gasteiger partial charge in [0.15, 0.2) is 11.0 Å². The molecule has 0 radical (unpaired) electrons. The predicted octanol–water partition coefficient (Wildman–Crippen LogP) is 2.09. The maximum absolute atomic E-state index is 14.8. The van der Waals surface area contributed by atoms with Crippen LogP contribution >= 0.6 is 11.6 Å². The van der Waals surface area contributed by atoms with Crippen molar-refractivity contribution in [3.63, 3.8) is 0 Å². The summed E-state index contributed by atoms with van der Waals surface area (Å²) in [5.41, 5.74) is 0.0970. The molecular weight excluding hydrogens is 449 g/mol. The summed E-state index contributed by atoms with van der Waals surface area (Å²) >= 11 is 5.93. The topological polar surface area (TPSA) is 90.6 Å². The van der Waals surface area contributed by atoms with Crippen LogP contribution in [0.3, 0.4) is 0 Å². The minimum absolute atomic E-state index is 0.0583. The third-order valence-electron chi connectivity index (χ3n) is 6.84. The normalized spacial score (nSPS) is 25.6. The average molecular weight is 476 g/mol. The second-order valence-electron chi connectivity index (χ2n) is 8.94. The van der Waals surface area contributed by atoms with Crippen LogP contribution in [0.1, 0.15) is 19.3 Å². The molecule has 0 unspecified atom stereocenters. The van der Waals surface area contributed by atoms with Gasteiger partial charge in [-0.25, -0.2) is 9.37 Å². The summed E-state index contributed by atoms with van der Waals surface area (Å²) in [4.78, 5) is 19.6. The van der Waals surface area contributed by atoms with Gasteiger partial charge >= 0.3 is 6.01 Å². The highest BCUT2D eigenvalue weighted by Gasteiger charge is 2.38. The van der Waals surface area contributed by atoms with Gasteiger partial charge in [-0.15, -0.1) is 0 Å². The Morgan fingerprint density at radius 1 is 1.33 bits per heavy atom. The van der Waals surface area contributed by atoms with E-state index in [1.165, 1.54) is 6.20 Å². The molecule has 176 valence electrons. The first-order valence-electron chi connectivity index (χ1n) is 11.4. The Morgan fingerprint density at radius 3 is 2.97 bits per heavy atom. The monoisotopic (exact) mass is 475 g/mol. The summed E-state index contributed by atoms with van der Waals surface area (Å²) in [6, 6.07) is 2.94. The Morgan fingerprint density at radius 2 is 2.21 bits per heavy atom. The Bertz CT molecular complexity index is 1070. The smallest absolute Gasteiger partial charge is 0.319 e. The minimum Gasteiger partial charge on any atom is -0.463 e. The first-order chi connectivity index (χ1) is 16.0. The van der Waals surface area contributed by atoms with Gasteiger partial charge in [0.1, 0.15) is 11.3 Å². The number of likely N-dealkylation sites (tertiary alicyclic amines) is 1. The van der Waals surface area contributed by atoms with E-state index in [1.54, 1.807) is 0 Å². The molecule has 0 aliphatic carbocycles. The van der Waals surface area contributed by atoms with Crippen molar-refractivity contribution in [2.24, 2.45) is 0 Å². The van der Waals surface area contributed by atoms with Crippen molar-refractivity contribution in [2.45, 2.75) is 37.5 Å². The van der Waals surface area contributed by atoms with E-state index in [1.807, 2.05) is 7.05 Å². The molecule has 3 aliphatic rings. The number of pyridine rings is 1. The fraction of sp³-hybridized carbons (Fsp3) is 0.636. The van der Waals surface area contributed by atoms with Crippen molar-refractivity contribution in [1.29, 1.82) is 5.26 Å². The van der Waals surface area contributed by atoms with Crippen molar-refractivity contribution in [3.05, 3.63) is 17.2 Å². The molecule has 9 nitrogen and oxygen atoms in total. The molecule has 0 saturated carbocycles. The number of hydrogen-bond donors (Lipinski definition) is 0. The molecule has 2 aromatic heterocycles. The van der Waals surface area contributed by atoms with E-state index in [2.05, 4.69) is 35.7 Å². The van der Waals surface area contributed by atoms with E-state index in [4.69, 9.17) is 21.1 Å². The number of fused-ring (bicyclic) bond motifs is 3. The van der Waals surface area contributed by atoms with Gasteiger partial charge in [0.05, 0.1) is 37.2 Å². The van der Waals surface area contributed by atoms with Gasteiger partial charge in [-0.3, -0.25) is 9.80 Å². The molecule has 0 amide bonds. The van der Waals surface area contributed by atoms with Gasteiger partial charge in [-0.05, 0) is 19.9 Å². The van der Waals surface area contributed by atoms with Crippen LogP contribution in [0.4, 0.5) is 10.2 Å². The largest absolute Gasteiger partial charge is 0.463 e. The molecule has 0 aromatic carbocycles. The molecule has 3 fully saturated rings. The van der Waals surface area contributed by atoms with E-state index in [0.29, 0.717) is 49.5 Å². The fourth-order valence-corrected chi connectivity index (χ4v) is 5.09. The second kappa shape index (κ2) is 9.50. The molecule has 2 bridgehead atoms. The van der Waals surface area contributed by atoms with Crippen LogP contribution < -0.4 is 9.64 Å². The quantitative estimate of drug-likeness (QED) is 0.441. The molecule has 3 aliphatic heterocycles. The number of nitriles is 1. The van der Waals surface area contributed by atoms with Gasteiger partial charge in [-0.1, -0.05) is 11.6 Å². The lowest BCUT2D eigenvalue weighted by atomic mass is 10.1. The molecule has 0 spiro atoms. The van der Waals surface area contributed by atoms with Gasteiger partial charge < -0.3 is 14.4 Å². The lowest BCUT2D eigenvalue weighted by Crippen LogP contribution is -2.51. The molecule has 3 atom stereocenters. The molecule has 0 N–H and O–H groups in total. The number of halogens is 2. The van der Waals surface area contributed by atoms with E-state index in [0.717, 1.165) is 39.1 Å². The summed E-state index contributed by atoms with van der Waals surface area (Å²) < 4.78 is 26.4. The van der Waals surface area contributed by atoms with Crippen molar-refractivity contribution >= 4 is 28.3 Å². The first-order valence-corrected chi connectivity index (χ1v) is 11.7. The third kappa shape index (κ3) is 4.55. The zero-order chi connectivity index (χ0) is 22.9. The molecule has 2 aromatic rings. The second-order valence-corrected chi connectivity index (χ2v) is 9.30. The highest BCUT2D eigenvalue weighted by molar-refractivity contribution is 6.30. The van der Waals surface area contributed by atoms with Crippen LogP contribution in [0.25, 0.3) is 10.9 Å². The Balaban J connectivity index is 1.34. The van der Waals surface area contributed by atoms with Crippen LogP contribution in [0.2, 0.25) is 5.15 Å². The Kier molecular flexibility index (Phi) is 6.47. The number of anilines is 1. The van der Waals surface area contributed by atoms with Crippen LogP contribution in [-0.2, 0) is 4.74 Å². The van der Waals surface area contributed by atoms with Crippen molar-refractivity contribution in [1.82, 2.24) is 24.8 Å². The highest BCUT2D eigenvalue weighted by Crippen LogP contribution is 2.31. The molecule has 3 saturated heterocycles. The molecule has 5 heterocycles. The summed E-state index contributed by atoms with van der Waals surface area (Å²) in [6.07, 6.45) is 4.21. The summed E-state index contributed by atoms with van der Waals surface area (Å²) in [5, 5.41) is 9.44. The number of nitrogens with zero attached hydrogens (tertiary/aromatic N) is 7. The number of aromatic nitrogens is 3. The lowest BCUT2D eigenvalue weighted by molar-refractivity contribution is 0.0287. The van der Waals surface area contributed by atoms with Gasteiger partial charge in [0.25, 0.3) is 0 Å². The van der Waals surface area contributed by atoms with E-state index < -0.39 is 5.82 Å². The van der Waals surface area contributed by atoms with Crippen molar-refractivity contribution in [3.8, 4) is 12.1 Å².